The molecule has 1 heterocycles. The average molecular weight is 378 g/mol. The van der Waals surface area contributed by atoms with Gasteiger partial charge in [-0.1, -0.05) is 29.8 Å². The van der Waals surface area contributed by atoms with Crippen LogP contribution in [0.15, 0.2) is 48.5 Å². The van der Waals surface area contributed by atoms with E-state index in [-0.39, 0.29) is 5.69 Å². The Bertz CT molecular complexity index is 1060. The highest BCUT2D eigenvalue weighted by molar-refractivity contribution is 6.30. The van der Waals surface area contributed by atoms with Crippen molar-refractivity contribution in [2.75, 3.05) is 10.6 Å². The van der Waals surface area contributed by atoms with Crippen LogP contribution in [0.4, 0.5) is 17.3 Å². The maximum absolute atomic E-state index is 12.6. The molecule has 3 aromatic rings. The van der Waals surface area contributed by atoms with Gasteiger partial charge in [-0.25, -0.2) is 9.97 Å². The van der Waals surface area contributed by atoms with Gasteiger partial charge in [-0.3, -0.25) is 4.79 Å². The number of halogens is 1. The summed E-state index contributed by atoms with van der Waals surface area (Å²) in [5.41, 5.74) is 3.36. The number of carbonyl (C=O) groups is 1. The Morgan fingerprint density at radius 1 is 1.07 bits per heavy atom. The van der Waals surface area contributed by atoms with Crippen LogP contribution < -0.4 is 10.6 Å². The molecule has 0 saturated heterocycles. The standard InChI is InChI=1S/C20H16ClN5O/c1-12-7-8-15(21)10-17(12)25-20-23-13(2)9-18(26-20)19(27)24-16-6-4-3-5-14(16)11-22/h3-10H,1-2H3,(H,24,27)(H,23,25,26). The fourth-order valence-corrected chi connectivity index (χ4v) is 2.64. The molecule has 134 valence electrons. The predicted molar refractivity (Wildman–Crippen MR) is 105 cm³/mol. The average Bonchev–Trinajstić information content (AvgIpc) is 2.64. The molecule has 0 atom stereocenters. The van der Waals surface area contributed by atoms with Crippen molar-refractivity contribution < 1.29 is 4.79 Å². The number of hydrogen-bond acceptors (Lipinski definition) is 5. The van der Waals surface area contributed by atoms with Crippen LogP contribution in [0, 0.1) is 25.2 Å². The fourth-order valence-electron chi connectivity index (χ4n) is 2.47. The number of rotatable bonds is 4. The lowest BCUT2D eigenvalue weighted by Gasteiger charge is -2.11. The number of para-hydroxylation sites is 1. The van der Waals surface area contributed by atoms with Crippen LogP contribution in [0.3, 0.4) is 0 Å². The van der Waals surface area contributed by atoms with E-state index >= 15 is 0 Å². The van der Waals surface area contributed by atoms with Crippen LogP contribution in [0.2, 0.25) is 5.02 Å². The minimum atomic E-state index is -0.422. The summed E-state index contributed by atoms with van der Waals surface area (Å²) < 4.78 is 0. The molecule has 0 bridgehead atoms. The molecule has 0 saturated carbocycles. The predicted octanol–water partition coefficient (Wildman–Crippen LogP) is 4.61. The third-order valence-electron chi connectivity index (χ3n) is 3.83. The molecule has 0 aliphatic carbocycles. The van der Waals surface area contributed by atoms with Gasteiger partial charge in [0, 0.05) is 16.4 Å². The Morgan fingerprint density at radius 3 is 2.63 bits per heavy atom. The highest BCUT2D eigenvalue weighted by Crippen LogP contribution is 2.23. The molecular formula is C20H16ClN5O. The number of carbonyl (C=O) groups excluding carboxylic acids is 1. The molecule has 3 rings (SSSR count). The van der Waals surface area contributed by atoms with Gasteiger partial charge in [0.1, 0.15) is 11.8 Å². The van der Waals surface area contributed by atoms with Crippen molar-refractivity contribution in [3.8, 4) is 6.07 Å². The lowest BCUT2D eigenvalue weighted by atomic mass is 10.2. The van der Waals surface area contributed by atoms with E-state index in [1.165, 1.54) is 0 Å². The largest absolute Gasteiger partial charge is 0.324 e. The van der Waals surface area contributed by atoms with Gasteiger partial charge in [0.05, 0.1) is 11.3 Å². The highest BCUT2D eigenvalue weighted by Gasteiger charge is 2.13. The molecule has 1 amide bonds. The van der Waals surface area contributed by atoms with Crippen molar-refractivity contribution >= 4 is 34.8 Å². The lowest BCUT2D eigenvalue weighted by molar-refractivity contribution is 0.102. The Morgan fingerprint density at radius 2 is 1.85 bits per heavy atom. The summed E-state index contributed by atoms with van der Waals surface area (Å²) in [4.78, 5) is 21.2. The second-order valence-corrected chi connectivity index (χ2v) is 6.35. The first kappa shape index (κ1) is 18.4. The first-order valence-electron chi connectivity index (χ1n) is 8.15. The summed E-state index contributed by atoms with van der Waals surface area (Å²) in [5.74, 6) is -0.131. The molecule has 0 aliphatic rings. The first-order valence-corrected chi connectivity index (χ1v) is 8.53. The molecule has 7 heteroatoms. The number of anilines is 3. The Kier molecular flexibility index (Phi) is 5.34. The topological polar surface area (TPSA) is 90.7 Å². The summed E-state index contributed by atoms with van der Waals surface area (Å²) in [6.45, 7) is 3.71. The number of nitrogens with zero attached hydrogens (tertiary/aromatic N) is 3. The Hall–Kier alpha value is -3.43. The fraction of sp³-hybridized carbons (Fsp3) is 0.100. The zero-order valence-electron chi connectivity index (χ0n) is 14.7. The molecular weight excluding hydrogens is 362 g/mol. The zero-order valence-corrected chi connectivity index (χ0v) is 15.5. The maximum Gasteiger partial charge on any atom is 0.274 e. The second kappa shape index (κ2) is 7.85. The van der Waals surface area contributed by atoms with Crippen molar-refractivity contribution in [3.63, 3.8) is 0 Å². The van der Waals surface area contributed by atoms with Gasteiger partial charge in [0.15, 0.2) is 0 Å². The number of hydrogen-bond donors (Lipinski definition) is 2. The third kappa shape index (κ3) is 4.40. The SMILES string of the molecule is Cc1cc(C(=O)Nc2ccccc2C#N)nc(Nc2cc(Cl)ccc2C)n1. The normalized spacial score (nSPS) is 10.1. The number of benzene rings is 2. The van der Waals surface area contributed by atoms with Crippen molar-refractivity contribution in [3.05, 3.63) is 76.1 Å². The van der Waals surface area contributed by atoms with Crippen LogP contribution in [-0.4, -0.2) is 15.9 Å². The first-order chi connectivity index (χ1) is 13.0. The van der Waals surface area contributed by atoms with E-state index in [9.17, 15) is 4.79 Å². The van der Waals surface area contributed by atoms with Crippen LogP contribution in [0.25, 0.3) is 0 Å². The molecule has 27 heavy (non-hydrogen) atoms. The Balaban J connectivity index is 1.88. The maximum atomic E-state index is 12.6. The van der Waals surface area contributed by atoms with Crippen LogP contribution in [0.5, 0.6) is 0 Å². The molecule has 0 unspecified atom stereocenters. The van der Waals surface area contributed by atoms with Gasteiger partial charge in [0.25, 0.3) is 5.91 Å². The van der Waals surface area contributed by atoms with Gasteiger partial charge in [-0.15, -0.1) is 0 Å². The van der Waals surface area contributed by atoms with E-state index in [2.05, 4.69) is 20.6 Å². The lowest BCUT2D eigenvalue weighted by Crippen LogP contribution is -2.16. The molecule has 2 N–H and O–H groups in total. The molecule has 0 aliphatic heterocycles. The van der Waals surface area contributed by atoms with Crippen molar-refractivity contribution in [2.45, 2.75) is 13.8 Å². The van der Waals surface area contributed by atoms with Gasteiger partial charge in [0.2, 0.25) is 5.95 Å². The summed E-state index contributed by atoms with van der Waals surface area (Å²) in [5, 5.41) is 15.6. The summed E-state index contributed by atoms with van der Waals surface area (Å²) in [6.07, 6.45) is 0. The van der Waals surface area contributed by atoms with Gasteiger partial charge < -0.3 is 10.6 Å². The van der Waals surface area contributed by atoms with Gasteiger partial charge in [-0.05, 0) is 49.7 Å². The number of aryl methyl sites for hydroxylation is 2. The van der Waals surface area contributed by atoms with Crippen molar-refractivity contribution in [1.29, 1.82) is 5.26 Å². The number of nitriles is 1. The van der Waals surface area contributed by atoms with Crippen LogP contribution >= 0.6 is 11.6 Å². The number of aromatic nitrogens is 2. The van der Waals surface area contributed by atoms with E-state index in [1.54, 1.807) is 49.4 Å². The zero-order chi connectivity index (χ0) is 19.4. The molecule has 0 radical (unpaired) electrons. The van der Waals surface area contributed by atoms with Gasteiger partial charge in [-0.2, -0.15) is 5.26 Å². The smallest absolute Gasteiger partial charge is 0.274 e. The van der Waals surface area contributed by atoms with Crippen molar-refractivity contribution in [2.24, 2.45) is 0 Å². The highest BCUT2D eigenvalue weighted by atomic mass is 35.5. The second-order valence-electron chi connectivity index (χ2n) is 5.91. The van der Waals surface area contributed by atoms with E-state index in [0.29, 0.717) is 27.9 Å². The van der Waals surface area contributed by atoms with Gasteiger partial charge >= 0.3 is 0 Å². The van der Waals surface area contributed by atoms with Crippen molar-refractivity contribution in [1.82, 2.24) is 9.97 Å². The molecule has 6 nitrogen and oxygen atoms in total. The third-order valence-corrected chi connectivity index (χ3v) is 4.06. The van der Waals surface area contributed by atoms with E-state index in [0.717, 1.165) is 11.3 Å². The Labute approximate surface area is 161 Å². The van der Waals surface area contributed by atoms with Crippen LogP contribution in [0.1, 0.15) is 27.3 Å². The number of nitrogens with one attached hydrogen (secondary N) is 2. The minimum Gasteiger partial charge on any atom is -0.324 e. The summed E-state index contributed by atoms with van der Waals surface area (Å²) in [7, 11) is 0. The molecule has 1 aromatic heterocycles. The van der Waals surface area contributed by atoms with E-state index < -0.39 is 5.91 Å². The molecule has 0 spiro atoms. The summed E-state index contributed by atoms with van der Waals surface area (Å²) in [6, 6.07) is 15.9. The van der Waals surface area contributed by atoms with E-state index in [4.69, 9.17) is 16.9 Å². The van der Waals surface area contributed by atoms with E-state index in [1.807, 2.05) is 19.1 Å². The summed E-state index contributed by atoms with van der Waals surface area (Å²) >= 11 is 6.04. The van der Waals surface area contributed by atoms with Crippen LogP contribution in [-0.2, 0) is 0 Å². The number of amides is 1. The molecule has 0 fully saturated rings. The molecule has 2 aromatic carbocycles. The minimum absolute atomic E-state index is 0.192. The quantitative estimate of drug-likeness (QED) is 0.692. The monoisotopic (exact) mass is 377 g/mol.